The quantitative estimate of drug-likeness (QED) is 0.140. The number of aromatic nitrogens is 2. The largest absolute Gasteiger partial charge is 0.387 e. The first-order valence-corrected chi connectivity index (χ1v) is 6.76. The van der Waals surface area contributed by atoms with Crippen LogP contribution in [0.3, 0.4) is 0 Å². The van der Waals surface area contributed by atoms with Gasteiger partial charge in [-0.15, -0.1) is 0 Å². The van der Waals surface area contributed by atoms with Crippen LogP contribution in [0.4, 0.5) is 5.82 Å². The first-order chi connectivity index (χ1) is 11.4. The zero-order chi connectivity index (χ0) is 17.7. The summed E-state index contributed by atoms with van der Waals surface area (Å²) in [6, 6.07) is 1.45. The average molecular weight is 344 g/mol. The summed E-state index contributed by atoms with van der Waals surface area (Å²) in [5, 5.41) is 44.6. The van der Waals surface area contributed by atoms with Crippen LogP contribution in [0.15, 0.2) is 22.2 Å². The standard InChI is InChI=1S/C11H16N6O7/c12-17-16-9(21)8-6(19)5(18)7(20)10(24-8)23-3-14-4-1-2-13-11(22)15-4/h1-2,5-10,18-21H,3H2,(H2,13,14,15,22)/t5-,6-,7+,8-,9?,10?/m0/s1. The van der Waals surface area contributed by atoms with Gasteiger partial charge in [-0.1, -0.05) is 5.11 Å². The van der Waals surface area contributed by atoms with Crippen molar-refractivity contribution >= 4 is 5.82 Å². The number of ether oxygens (including phenoxy) is 2. The predicted molar refractivity (Wildman–Crippen MR) is 76.3 cm³/mol. The van der Waals surface area contributed by atoms with E-state index in [4.69, 9.17) is 15.0 Å². The molecule has 0 aliphatic carbocycles. The van der Waals surface area contributed by atoms with Crippen molar-refractivity contribution in [1.82, 2.24) is 9.97 Å². The zero-order valence-corrected chi connectivity index (χ0v) is 12.1. The van der Waals surface area contributed by atoms with Crippen LogP contribution in [0.1, 0.15) is 0 Å². The van der Waals surface area contributed by atoms with Gasteiger partial charge in [0, 0.05) is 11.1 Å². The molecule has 2 rings (SSSR count). The number of aromatic amines is 1. The molecule has 1 aromatic heterocycles. The van der Waals surface area contributed by atoms with Crippen LogP contribution in [0, 0.1) is 0 Å². The molecular formula is C11H16N6O7. The SMILES string of the molecule is [N-]=[N+]=NC(O)[C@H]1OC(OCNc2ccnc(=O)[nH]2)[C@H](O)[C@@H](O)[C@@H]1O. The highest BCUT2D eigenvalue weighted by Crippen LogP contribution is 2.24. The van der Waals surface area contributed by atoms with Crippen LogP contribution < -0.4 is 11.0 Å². The second-order valence-electron chi connectivity index (χ2n) is 4.84. The van der Waals surface area contributed by atoms with E-state index in [9.17, 15) is 25.2 Å². The fourth-order valence-corrected chi connectivity index (χ4v) is 2.05. The van der Waals surface area contributed by atoms with E-state index in [1.165, 1.54) is 12.3 Å². The van der Waals surface area contributed by atoms with Crippen LogP contribution in [0.5, 0.6) is 0 Å². The number of hydrogen-bond donors (Lipinski definition) is 6. The molecule has 0 radical (unpaired) electrons. The van der Waals surface area contributed by atoms with E-state index >= 15 is 0 Å². The molecule has 0 aromatic carbocycles. The molecule has 0 saturated carbocycles. The number of hydrogen-bond acceptors (Lipinski definition) is 10. The van der Waals surface area contributed by atoms with E-state index < -0.39 is 42.6 Å². The molecule has 1 aromatic rings. The summed E-state index contributed by atoms with van der Waals surface area (Å²) in [7, 11) is 0. The van der Waals surface area contributed by atoms with Crippen molar-refractivity contribution in [3.8, 4) is 0 Å². The Hall–Kier alpha value is -2.25. The van der Waals surface area contributed by atoms with Crippen molar-refractivity contribution in [3.05, 3.63) is 33.2 Å². The van der Waals surface area contributed by atoms with Crippen LogP contribution in [0.2, 0.25) is 0 Å². The molecule has 13 nitrogen and oxygen atoms in total. The maximum Gasteiger partial charge on any atom is 0.346 e. The highest BCUT2D eigenvalue weighted by molar-refractivity contribution is 5.30. The first kappa shape index (κ1) is 18.1. The number of nitrogens with zero attached hydrogens (tertiary/aromatic N) is 4. The Balaban J connectivity index is 1.97. The number of aliphatic hydroxyl groups is 4. The lowest BCUT2D eigenvalue weighted by Crippen LogP contribution is -2.61. The molecule has 2 unspecified atom stereocenters. The topological polar surface area (TPSA) is 206 Å². The third-order valence-electron chi connectivity index (χ3n) is 3.26. The second kappa shape index (κ2) is 8.03. The lowest BCUT2D eigenvalue weighted by Gasteiger charge is -2.41. The molecule has 13 heteroatoms. The molecule has 0 bridgehead atoms. The number of aliphatic hydroxyl groups excluding tert-OH is 4. The zero-order valence-electron chi connectivity index (χ0n) is 12.1. The maximum absolute atomic E-state index is 11.0. The van der Waals surface area contributed by atoms with Gasteiger partial charge in [-0.2, -0.15) is 0 Å². The Bertz CT molecular complexity index is 650. The van der Waals surface area contributed by atoms with Gasteiger partial charge in [0.15, 0.2) is 12.5 Å². The van der Waals surface area contributed by atoms with Crippen molar-refractivity contribution in [2.24, 2.45) is 5.11 Å². The van der Waals surface area contributed by atoms with Gasteiger partial charge in [-0.25, -0.2) is 9.78 Å². The van der Waals surface area contributed by atoms with Crippen molar-refractivity contribution in [1.29, 1.82) is 0 Å². The number of azide groups is 1. The number of H-pyrrole nitrogens is 1. The van der Waals surface area contributed by atoms with E-state index in [1.54, 1.807) is 0 Å². The van der Waals surface area contributed by atoms with Gasteiger partial charge in [0.25, 0.3) is 0 Å². The van der Waals surface area contributed by atoms with Crippen LogP contribution in [-0.2, 0) is 9.47 Å². The van der Waals surface area contributed by atoms with Gasteiger partial charge in [-0.05, 0) is 11.6 Å². The minimum atomic E-state index is -1.79. The molecule has 24 heavy (non-hydrogen) atoms. The van der Waals surface area contributed by atoms with Crippen molar-refractivity contribution in [3.63, 3.8) is 0 Å². The average Bonchev–Trinajstić information content (AvgIpc) is 2.55. The number of rotatable bonds is 6. The molecule has 0 spiro atoms. The maximum atomic E-state index is 11.0. The summed E-state index contributed by atoms with van der Waals surface area (Å²) in [6.45, 7) is -0.255. The molecule has 6 N–H and O–H groups in total. The fraction of sp³-hybridized carbons (Fsp3) is 0.636. The lowest BCUT2D eigenvalue weighted by molar-refractivity contribution is -0.308. The Labute approximate surface area is 134 Å². The Morgan fingerprint density at radius 1 is 1.46 bits per heavy atom. The summed E-state index contributed by atoms with van der Waals surface area (Å²) in [5.74, 6) is 0.284. The third kappa shape index (κ3) is 4.18. The Morgan fingerprint density at radius 3 is 2.88 bits per heavy atom. The van der Waals surface area contributed by atoms with Gasteiger partial charge < -0.3 is 35.2 Å². The summed E-state index contributed by atoms with van der Waals surface area (Å²) < 4.78 is 10.3. The van der Waals surface area contributed by atoms with E-state index in [2.05, 4.69) is 25.3 Å². The second-order valence-corrected chi connectivity index (χ2v) is 4.84. The molecule has 1 fully saturated rings. The highest BCUT2D eigenvalue weighted by atomic mass is 16.7. The molecular weight excluding hydrogens is 328 g/mol. The van der Waals surface area contributed by atoms with Crippen LogP contribution in [-0.4, -0.2) is 74.1 Å². The van der Waals surface area contributed by atoms with Gasteiger partial charge in [0.05, 0.1) is 0 Å². The van der Waals surface area contributed by atoms with E-state index in [0.717, 1.165) is 0 Å². The van der Waals surface area contributed by atoms with Crippen LogP contribution >= 0.6 is 0 Å². The summed E-state index contributed by atoms with van der Waals surface area (Å²) in [6.07, 6.45) is -8.46. The van der Waals surface area contributed by atoms with E-state index in [1.807, 2.05) is 0 Å². The van der Waals surface area contributed by atoms with E-state index in [0.29, 0.717) is 0 Å². The smallest absolute Gasteiger partial charge is 0.346 e. The molecule has 6 atom stereocenters. The lowest BCUT2D eigenvalue weighted by atomic mass is 9.98. The Kier molecular flexibility index (Phi) is 6.05. The monoisotopic (exact) mass is 344 g/mol. The number of nitrogens with one attached hydrogen (secondary N) is 2. The molecule has 2 heterocycles. The molecule has 0 amide bonds. The molecule has 1 aliphatic rings. The van der Waals surface area contributed by atoms with E-state index in [-0.39, 0.29) is 12.5 Å². The van der Waals surface area contributed by atoms with Crippen molar-refractivity contribution in [2.45, 2.75) is 36.9 Å². The Morgan fingerprint density at radius 2 is 2.21 bits per heavy atom. The molecule has 1 saturated heterocycles. The van der Waals surface area contributed by atoms with Gasteiger partial charge in [-0.3, -0.25) is 4.98 Å². The van der Waals surface area contributed by atoms with Gasteiger partial charge in [0.1, 0.15) is 37.0 Å². The van der Waals surface area contributed by atoms with Gasteiger partial charge in [0.2, 0.25) is 0 Å². The fourth-order valence-electron chi connectivity index (χ4n) is 2.05. The van der Waals surface area contributed by atoms with Crippen molar-refractivity contribution in [2.75, 3.05) is 12.0 Å². The summed E-state index contributed by atoms with van der Waals surface area (Å²) >= 11 is 0. The van der Waals surface area contributed by atoms with Crippen molar-refractivity contribution < 1.29 is 29.9 Å². The molecule has 1 aliphatic heterocycles. The minimum Gasteiger partial charge on any atom is -0.387 e. The third-order valence-corrected chi connectivity index (χ3v) is 3.26. The highest BCUT2D eigenvalue weighted by Gasteiger charge is 2.46. The first-order valence-electron chi connectivity index (χ1n) is 6.76. The number of anilines is 1. The normalized spacial score (nSPS) is 31.1. The van der Waals surface area contributed by atoms with Crippen LogP contribution in [0.25, 0.3) is 10.4 Å². The van der Waals surface area contributed by atoms with Gasteiger partial charge >= 0.3 is 5.69 Å². The minimum absolute atomic E-state index is 0.255. The summed E-state index contributed by atoms with van der Waals surface area (Å²) in [4.78, 5) is 19.2. The summed E-state index contributed by atoms with van der Waals surface area (Å²) in [5.41, 5.74) is 7.72. The molecule has 132 valence electrons. The predicted octanol–water partition coefficient (Wildman–Crippen LogP) is -2.41.